The second-order valence-corrected chi connectivity index (χ2v) is 2.08. The third-order valence-corrected chi connectivity index (χ3v) is 1.25. The van der Waals surface area contributed by atoms with E-state index in [1.165, 1.54) is 0 Å². The summed E-state index contributed by atoms with van der Waals surface area (Å²) >= 11 is 0. The molecule has 0 saturated carbocycles. The molecule has 0 aliphatic carbocycles. The van der Waals surface area contributed by atoms with Crippen molar-refractivity contribution < 1.29 is 4.79 Å². The van der Waals surface area contributed by atoms with E-state index < -0.39 is 0 Å². The van der Waals surface area contributed by atoms with Crippen LogP contribution in [-0.4, -0.2) is 12.5 Å². The molecule has 0 aromatic carbocycles. The van der Waals surface area contributed by atoms with E-state index in [1.54, 1.807) is 13.0 Å². The van der Waals surface area contributed by atoms with Crippen molar-refractivity contribution in [3.63, 3.8) is 0 Å². The van der Waals surface area contributed by atoms with Crippen molar-refractivity contribution >= 4 is 5.91 Å². The topological polar surface area (TPSA) is 29.1 Å². The molecule has 2 nitrogen and oxygen atoms in total. The summed E-state index contributed by atoms with van der Waals surface area (Å²) in [6.07, 6.45) is 2.53. The lowest BCUT2D eigenvalue weighted by atomic mass is 10.3. The number of allylic oxidation sites excluding steroid dienone is 1. The fraction of sp³-hybridized carbons (Fsp3) is 0.500. The second kappa shape index (κ2) is 5.03. The number of amides is 1. The quantitative estimate of drug-likeness (QED) is 0.588. The highest BCUT2D eigenvalue weighted by Gasteiger charge is 1.98. The fourth-order valence-electron chi connectivity index (χ4n) is 0.472. The van der Waals surface area contributed by atoms with Gasteiger partial charge in [0.2, 0.25) is 5.91 Å². The highest BCUT2D eigenvalue weighted by atomic mass is 16.1. The smallest absolute Gasteiger partial charge is 0.246 e. The number of carbonyl (C=O) groups excluding carboxylic acids is 1. The predicted octanol–water partition coefficient (Wildman–Crippen LogP) is 1.29. The first kappa shape index (κ1) is 9.21. The number of hydrogen-bond acceptors (Lipinski definition) is 1. The van der Waals surface area contributed by atoms with E-state index in [4.69, 9.17) is 0 Å². The molecule has 2 heteroatoms. The highest BCUT2D eigenvalue weighted by molar-refractivity contribution is 5.92. The molecule has 0 rings (SSSR count). The van der Waals surface area contributed by atoms with Gasteiger partial charge in [0.1, 0.15) is 0 Å². The molecule has 57 valence electrons. The van der Waals surface area contributed by atoms with Gasteiger partial charge in [-0.15, -0.1) is 0 Å². The maximum atomic E-state index is 10.9. The SMILES string of the molecule is [CH2]CCNC(=O)C(C)=CC. The van der Waals surface area contributed by atoms with Crippen LogP contribution in [0.15, 0.2) is 11.6 Å². The van der Waals surface area contributed by atoms with Gasteiger partial charge in [0, 0.05) is 12.1 Å². The van der Waals surface area contributed by atoms with Gasteiger partial charge in [-0.2, -0.15) is 0 Å². The van der Waals surface area contributed by atoms with Gasteiger partial charge in [-0.05, 0) is 20.3 Å². The average molecular weight is 140 g/mol. The van der Waals surface area contributed by atoms with Crippen molar-refractivity contribution in [1.29, 1.82) is 0 Å². The molecule has 0 atom stereocenters. The van der Waals surface area contributed by atoms with E-state index in [0.29, 0.717) is 6.54 Å². The maximum absolute atomic E-state index is 10.9. The Balaban J connectivity index is 3.63. The molecule has 1 N–H and O–H groups in total. The number of nitrogens with one attached hydrogen (secondary N) is 1. The van der Waals surface area contributed by atoms with Crippen LogP contribution in [0.3, 0.4) is 0 Å². The Bertz CT molecular complexity index is 138. The Morgan fingerprint density at radius 2 is 2.30 bits per heavy atom. The molecule has 1 radical (unpaired) electrons. The van der Waals surface area contributed by atoms with Crippen LogP contribution >= 0.6 is 0 Å². The van der Waals surface area contributed by atoms with Gasteiger partial charge in [0.15, 0.2) is 0 Å². The lowest BCUT2D eigenvalue weighted by molar-refractivity contribution is -0.117. The van der Waals surface area contributed by atoms with Crippen LogP contribution in [-0.2, 0) is 4.79 Å². The molecule has 0 fully saturated rings. The fourth-order valence-corrected chi connectivity index (χ4v) is 0.472. The summed E-state index contributed by atoms with van der Waals surface area (Å²) in [6.45, 7) is 7.90. The number of carbonyl (C=O) groups is 1. The Morgan fingerprint density at radius 1 is 1.70 bits per heavy atom. The van der Waals surface area contributed by atoms with Crippen LogP contribution in [0.2, 0.25) is 0 Å². The standard InChI is InChI=1S/C8H14NO/c1-4-6-9-8(10)7(3)5-2/h5H,1,4,6H2,2-3H3,(H,9,10). The minimum Gasteiger partial charge on any atom is -0.352 e. The number of rotatable bonds is 3. The van der Waals surface area contributed by atoms with Crippen molar-refractivity contribution in [2.24, 2.45) is 0 Å². The highest BCUT2D eigenvalue weighted by Crippen LogP contribution is 1.89. The minimum atomic E-state index is 0.00569. The Kier molecular flexibility index (Phi) is 4.63. The normalized spacial score (nSPS) is 11.3. The van der Waals surface area contributed by atoms with Gasteiger partial charge in [0.05, 0.1) is 0 Å². The van der Waals surface area contributed by atoms with Crippen LogP contribution in [0.1, 0.15) is 20.3 Å². The minimum absolute atomic E-state index is 0.00569. The zero-order valence-electron chi connectivity index (χ0n) is 6.61. The van der Waals surface area contributed by atoms with Gasteiger partial charge in [-0.25, -0.2) is 0 Å². The van der Waals surface area contributed by atoms with Gasteiger partial charge < -0.3 is 5.32 Å². The third-order valence-electron chi connectivity index (χ3n) is 1.25. The van der Waals surface area contributed by atoms with Crippen molar-refractivity contribution in [2.75, 3.05) is 6.54 Å². The molecule has 0 saturated heterocycles. The van der Waals surface area contributed by atoms with Gasteiger partial charge >= 0.3 is 0 Å². The molecule has 1 amide bonds. The lowest BCUT2D eigenvalue weighted by Crippen LogP contribution is -2.24. The first-order valence-corrected chi connectivity index (χ1v) is 3.42. The van der Waals surface area contributed by atoms with Crippen LogP contribution in [0.25, 0.3) is 0 Å². The summed E-state index contributed by atoms with van der Waals surface area (Å²) in [6, 6.07) is 0. The van der Waals surface area contributed by atoms with E-state index in [2.05, 4.69) is 12.2 Å². The first-order chi connectivity index (χ1) is 4.72. The van der Waals surface area contributed by atoms with Crippen molar-refractivity contribution in [3.05, 3.63) is 18.6 Å². The second-order valence-electron chi connectivity index (χ2n) is 2.08. The van der Waals surface area contributed by atoms with Crippen LogP contribution in [0.4, 0.5) is 0 Å². The van der Waals surface area contributed by atoms with Crippen LogP contribution < -0.4 is 5.32 Å². The van der Waals surface area contributed by atoms with E-state index in [-0.39, 0.29) is 5.91 Å². The summed E-state index contributed by atoms with van der Waals surface area (Å²) in [4.78, 5) is 10.9. The summed E-state index contributed by atoms with van der Waals surface area (Å²) in [5.74, 6) is 0.00569. The van der Waals surface area contributed by atoms with Crippen LogP contribution in [0.5, 0.6) is 0 Å². The zero-order chi connectivity index (χ0) is 7.98. The Hall–Kier alpha value is -0.790. The van der Waals surface area contributed by atoms with Crippen molar-refractivity contribution in [3.8, 4) is 0 Å². The molecule has 0 aliphatic heterocycles. The zero-order valence-corrected chi connectivity index (χ0v) is 6.61. The molecule has 0 aromatic heterocycles. The van der Waals surface area contributed by atoms with E-state index in [0.717, 1.165) is 12.0 Å². The third kappa shape index (κ3) is 3.28. The van der Waals surface area contributed by atoms with Crippen molar-refractivity contribution in [1.82, 2.24) is 5.32 Å². The van der Waals surface area contributed by atoms with E-state index in [9.17, 15) is 4.79 Å². The molecule has 0 bridgehead atoms. The Labute approximate surface area is 62.3 Å². The van der Waals surface area contributed by atoms with E-state index >= 15 is 0 Å². The summed E-state index contributed by atoms with van der Waals surface area (Å²) in [5, 5.41) is 2.71. The molecular weight excluding hydrogens is 126 g/mol. The van der Waals surface area contributed by atoms with E-state index in [1.807, 2.05) is 6.92 Å². The van der Waals surface area contributed by atoms with Crippen molar-refractivity contribution in [2.45, 2.75) is 20.3 Å². The number of hydrogen-bond donors (Lipinski definition) is 1. The predicted molar refractivity (Wildman–Crippen MR) is 42.4 cm³/mol. The Morgan fingerprint density at radius 3 is 2.70 bits per heavy atom. The average Bonchev–Trinajstić information content (AvgIpc) is 1.98. The maximum Gasteiger partial charge on any atom is 0.246 e. The van der Waals surface area contributed by atoms with Gasteiger partial charge in [-0.1, -0.05) is 13.0 Å². The molecule has 0 heterocycles. The first-order valence-electron chi connectivity index (χ1n) is 3.42. The largest absolute Gasteiger partial charge is 0.352 e. The molecule has 0 unspecified atom stereocenters. The monoisotopic (exact) mass is 140 g/mol. The molecule has 10 heavy (non-hydrogen) atoms. The van der Waals surface area contributed by atoms with Crippen LogP contribution in [0, 0.1) is 6.92 Å². The molecular formula is C8H14NO. The summed E-state index contributed by atoms with van der Waals surface area (Å²) in [5.41, 5.74) is 0.758. The van der Waals surface area contributed by atoms with Gasteiger partial charge in [-0.3, -0.25) is 4.79 Å². The summed E-state index contributed by atoms with van der Waals surface area (Å²) in [7, 11) is 0. The molecule has 0 aromatic rings. The van der Waals surface area contributed by atoms with Gasteiger partial charge in [0.25, 0.3) is 0 Å². The summed E-state index contributed by atoms with van der Waals surface area (Å²) < 4.78 is 0. The molecule has 0 spiro atoms. The lowest BCUT2D eigenvalue weighted by Gasteiger charge is -2.01. The molecule has 0 aliphatic rings.